The number of hydrogen-bond acceptors (Lipinski definition) is 3. The molecule has 3 nitrogen and oxygen atoms in total. The molecular weight excluding hydrogens is 198 g/mol. The van der Waals surface area contributed by atoms with Crippen LogP contribution in [0.3, 0.4) is 0 Å². The fourth-order valence-corrected chi connectivity index (χ4v) is 1.85. The molecule has 2 heterocycles. The van der Waals surface area contributed by atoms with Crippen molar-refractivity contribution < 1.29 is 0 Å². The molecule has 0 aromatic carbocycles. The highest BCUT2D eigenvalue weighted by Gasteiger charge is 2.13. The zero-order valence-corrected chi connectivity index (χ0v) is 8.72. The minimum atomic E-state index is 0.538. The van der Waals surface area contributed by atoms with E-state index in [0.29, 0.717) is 11.1 Å². The summed E-state index contributed by atoms with van der Waals surface area (Å²) in [4.78, 5) is 3.95. The Hall–Kier alpha value is -0.800. The molecule has 0 radical (unpaired) electrons. The molecule has 0 saturated carbocycles. The number of halogens is 1. The molecule has 0 unspecified atom stereocenters. The normalized spacial score (nSPS) is 18.1. The van der Waals surface area contributed by atoms with E-state index in [0.717, 1.165) is 31.6 Å². The number of nitrogens with zero attached hydrogens (tertiary/aromatic N) is 1. The Kier molecular flexibility index (Phi) is 3.22. The van der Waals surface area contributed by atoms with E-state index in [4.69, 9.17) is 11.6 Å². The Bertz CT molecular complexity index is 297. The first-order chi connectivity index (χ1) is 6.86. The molecule has 76 valence electrons. The lowest BCUT2D eigenvalue weighted by molar-refractivity contribution is 0.479. The van der Waals surface area contributed by atoms with Crippen LogP contribution in [0, 0.1) is 0 Å². The second-order valence-corrected chi connectivity index (χ2v) is 3.93. The van der Waals surface area contributed by atoms with E-state index in [2.05, 4.69) is 15.6 Å². The molecule has 2 rings (SSSR count). The fraction of sp³-hybridized carbons (Fsp3) is 0.500. The summed E-state index contributed by atoms with van der Waals surface area (Å²) in [6.45, 7) is 2.17. The first-order valence-corrected chi connectivity index (χ1v) is 5.31. The second kappa shape index (κ2) is 4.62. The molecule has 0 atom stereocenters. The molecule has 0 spiro atoms. The fourth-order valence-electron chi connectivity index (χ4n) is 1.68. The minimum absolute atomic E-state index is 0.538. The van der Waals surface area contributed by atoms with Gasteiger partial charge in [-0.2, -0.15) is 0 Å². The molecule has 2 N–H and O–H groups in total. The summed E-state index contributed by atoms with van der Waals surface area (Å²) in [5.74, 6) is 0. The molecular formula is C10H14ClN3. The largest absolute Gasteiger partial charge is 0.381 e. The van der Waals surface area contributed by atoms with Crippen molar-refractivity contribution in [2.45, 2.75) is 18.9 Å². The van der Waals surface area contributed by atoms with E-state index in [1.54, 1.807) is 12.4 Å². The van der Waals surface area contributed by atoms with Crippen LogP contribution >= 0.6 is 11.6 Å². The average molecular weight is 212 g/mol. The Labute approximate surface area is 88.9 Å². The van der Waals surface area contributed by atoms with E-state index in [1.807, 2.05) is 6.07 Å². The van der Waals surface area contributed by atoms with Crippen LogP contribution < -0.4 is 10.6 Å². The Morgan fingerprint density at radius 1 is 1.43 bits per heavy atom. The lowest BCUT2D eigenvalue weighted by Crippen LogP contribution is -2.35. The Balaban J connectivity index is 1.99. The van der Waals surface area contributed by atoms with Gasteiger partial charge >= 0.3 is 0 Å². The molecule has 1 fully saturated rings. The molecule has 0 amide bonds. The summed E-state index contributed by atoms with van der Waals surface area (Å²) in [6.07, 6.45) is 5.73. The number of anilines is 1. The van der Waals surface area contributed by atoms with Crippen LogP contribution in [-0.4, -0.2) is 24.1 Å². The molecule has 1 aromatic heterocycles. The summed E-state index contributed by atoms with van der Waals surface area (Å²) in [5.41, 5.74) is 0.994. The third-order valence-electron chi connectivity index (χ3n) is 2.47. The molecule has 0 bridgehead atoms. The van der Waals surface area contributed by atoms with Crippen LogP contribution in [0.25, 0.3) is 0 Å². The predicted molar refractivity (Wildman–Crippen MR) is 58.8 cm³/mol. The SMILES string of the molecule is Clc1cnccc1NC1CCNCC1. The average Bonchev–Trinajstić information content (AvgIpc) is 2.23. The van der Waals surface area contributed by atoms with Gasteiger partial charge in [-0.25, -0.2) is 0 Å². The molecule has 1 aromatic rings. The highest BCUT2D eigenvalue weighted by molar-refractivity contribution is 6.33. The molecule has 1 aliphatic rings. The molecule has 1 saturated heterocycles. The lowest BCUT2D eigenvalue weighted by Gasteiger charge is -2.24. The molecule has 0 aliphatic carbocycles. The van der Waals surface area contributed by atoms with Crippen molar-refractivity contribution in [3.05, 3.63) is 23.5 Å². The van der Waals surface area contributed by atoms with Crippen molar-refractivity contribution in [3.8, 4) is 0 Å². The molecule has 1 aliphatic heterocycles. The van der Waals surface area contributed by atoms with Crippen LogP contribution in [0.1, 0.15) is 12.8 Å². The summed E-state index contributed by atoms with van der Waals surface area (Å²) in [6, 6.07) is 2.46. The molecule has 4 heteroatoms. The second-order valence-electron chi connectivity index (χ2n) is 3.52. The maximum atomic E-state index is 6.00. The van der Waals surface area contributed by atoms with Gasteiger partial charge in [0.05, 0.1) is 10.7 Å². The van der Waals surface area contributed by atoms with Gasteiger partial charge in [-0.1, -0.05) is 11.6 Å². The van der Waals surface area contributed by atoms with Gasteiger partial charge in [-0.05, 0) is 32.0 Å². The number of piperidine rings is 1. The zero-order valence-electron chi connectivity index (χ0n) is 7.96. The van der Waals surface area contributed by atoms with Crippen molar-refractivity contribution in [1.82, 2.24) is 10.3 Å². The van der Waals surface area contributed by atoms with Crippen LogP contribution in [-0.2, 0) is 0 Å². The lowest BCUT2D eigenvalue weighted by atomic mass is 10.1. The third-order valence-corrected chi connectivity index (χ3v) is 2.77. The van der Waals surface area contributed by atoms with Gasteiger partial charge in [0.15, 0.2) is 0 Å². The number of pyridine rings is 1. The number of rotatable bonds is 2. The van der Waals surface area contributed by atoms with Crippen LogP contribution in [0.15, 0.2) is 18.5 Å². The smallest absolute Gasteiger partial charge is 0.0820 e. The van der Waals surface area contributed by atoms with Crippen molar-refractivity contribution in [1.29, 1.82) is 0 Å². The van der Waals surface area contributed by atoms with Gasteiger partial charge in [0, 0.05) is 18.4 Å². The van der Waals surface area contributed by atoms with E-state index >= 15 is 0 Å². The van der Waals surface area contributed by atoms with Gasteiger partial charge in [0.1, 0.15) is 0 Å². The third kappa shape index (κ3) is 2.36. The summed E-state index contributed by atoms with van der Waals surface area (Å²) >= 11 is 6.00. The van der Waals surface area contributed by atoms with E-state index in [1.165, 1.54) is 0 Å². The van der Waals surface area contributed by atoms with E-state index in [9.17, 15) is 0 Å². The predicted octanol–water partition coefficient (Wildman–Crippen LogP) is 1.90. The topological polar surface area (TPSA) is 37.0 Å². The van der Waals surface area contributed by atoms with Gasteiger partial charge in [-0.3, -0.25) is 4.98 Å². The monoisotopic (exact) mass is 211 g/mol. The van der Waals surface area contributed by atoms with Gasteiger partial charge < -0.3 is 10.6 Å². The van der Waals surface area contributed by atoms with Gasteiger partial charge in [0.2, 0.25) is 0 Å². The summed E-state index contributed by atoms with van der Waals surface area (Å²) in [5, 5.41) is 7.47. The standard InChI is InChI=1S/C10H14ClN3/c11-9-7-13-6-3-10(9)14-8-1-4-12-5-2-8/h3,6-8,12H,1-2,4-5H2,(H,13,14). The van der Waals surface area contributed by atoms with E-state index < -0.39 is 0 Å². The molecule has 14 heavy (non-hydrogen) atoms. The maximum absolute atomic E-state index is 6.00. The van der Waals surface area contributed by atoms with E-state index in [-0.39, 0.29) is 0 Å². The maximum Gasteiger partial charge on any atom is 0.0820 e. The number of hydrogen-bond donors (Lipinski definition) is 2. The summed E-state index contributed by atoms with van der Waals surface area (Å²) in [7, 11) is 0. The Morgan fingerprint density at radius 3 is 2.93 bits per heavy atom. The van der Waals surface area contributed by atoms with Gasteiger partial charge in [0.25, 0.3) is 0 Å². The highest BCUT2D eigenvalue weighted by atomic mass is 35.5. The first kappa shape index (κ1) is 9.74. The van der Waals surface area contributed by atoms with Crippen molar-refractivity contribution in [2.75, 3.05) is 18.4 Å². The van der Waals surface area contributed by atoms with Crippen molar-refractivity contribution in [3.63, 3.8) is 0 Å². The first-order valence-electron chi connectivity index (χ1n) is 4.93. The van der Waals surface area contributed by atoms with Crippen molar-refractivity contribution >= 4 is 17.3 Å². The number of nitrogens with one attached hydrogen (secondary N) is 2. The summed E-state index contributed by atoms with van der Waals surface area (Å²) < 4.78 is 0. The highest BCUT2D eigenvalue weighted by Crippen LogP contribution is 2.21. The Morgan fingerprint density at radius 2 is 2.21 bits per heavy atom. The zero-order chi connectivity index (χ0) is 9.80. The van der Waals surface area contributed by atoms with Crippen LogP contribution in [0.2, 0.25) is 5.02 Å². The van der Waals surface area contributed by atoms with Gasteiger partial charge in [-0.15, -0.1) is 0 Å². The quantitative estimate of drug-likeness (QED) is 0.785. The van der Waals surface area contributed by atoms with Crippen LogP contribution in [0.4, 0.5) is 5.69 Å². The van der Waals surface area contributed by atoms with Crippen molar-refractivity contribution in [2.24, 2.45) is 0 Å². The number of aromatic nitrogens is 1. The minimum Gasteiger partial charge on any atom is -0.381 e. The van der Waals surface area contributed by atoms with Crippen LogP contribution in [0.5, 0.6) is 0 Å².